The molecule has 5 heteroatoms. The van der Waals surface area contributed by atoms with Crippen molar-refractivity contribution >= 4 is 5.82 Å². The van der Waals surface area contributed by atoms with Gasteiger partial charge in [-0.1, -0.05) is 0 Å². The van der Waals surface area contributed by atoms with Crippen LogP contribution >= 0.6 is 0 Å². The standard InChI is InChI=1S/C15H19N5/c1-11-9-17-12(2)15(19-11)20-7-4-13(5-8-20)14-3-6-16-10-18-14/h3,6,9-10,13H,4-5,7-8H2,1-2H3. The zero-order valence-corrected chi connectivity index (χ0v) is 12.0. The van der Waals surface area contributed by atoms with Crippen molar-refractivity contribution in [2.45, 2.75) is 32.6 Å². The molecule has 1 aliphatic heterocycles. The average molecular weight is 269 g/mol. The minimum absolute atomic E-state index is 0.535. The summed E-state index contributed by atoms with van der Waals surface area (Å²) < 4.78 is 0. The third-order valence-electron chi connectivity index (χ3n) is 3.87. The van der Waals surface area contributed by atoms with Crippen LogP contribution in [0.15, 0.2) is 24.8 Å². The molecule has 0 amide bonds. The van der Waals surface area contributed by atoms with Crippen molar-refractivity contribution in [3.05, 3.63) is 41.9 Å². The van der Waals surface area contributed by atoms with Crippen molar-refractivity contribution in [3.63, 3.8) is 0 Å². The van der Waals surface area contributed by atoms with Gasteiger partial charge in [0.15, 0.2) is 0 Å². The summed E-state index contributed by atoms with van der Waals surface area (Å²) >= 11 is 0. The molecular formula is C15H19N5. The van der Waals surface area contributed by atoms with Crippen LogP contribution in [0.4, 0.5) is 5.82 Å². The molecule has 0 unspecified atom stereocenters. The molecule has 2 aromatic rings. The fraction of sp³-hybridized carbons (Fsp3) is 0.467. The van der Waals surface area contributed by atoms with Gasteiger partial charge in [0, 0.05) is 37.1 Å². The van der Waals surface area contributed by atoms with Crippen LogP contribution in [-0.4, -0.2) is 33.0 Å². The predicted molar refractivity (Wildman–Crippen MR) is 77.7 cm³/mol. The quantitative estimate of drug-likeness (QED) is 0.837. The molecule has 3 heterocycles. The molecule has 0 atom stereocenters. The lowest BCUT2D eigenvalue weighted by molar-refractivity contribution is 0.492. The highest BCUT2D eigenvalue weighted by Gasteiger charge is 2.23. The van der Waals surface area contributed by atoms with Gasteiger partial charge >= 0.3 is 0 Å². The van der Waals surface area contributed by atoms with Crippen LogP contribution in [0.5, 0.6) is 0 Å². The maximum atomic E-state index is 4.63. The van der Waals surface area contributed by atoms with Crippen molar-refractivity contribution in [1.82, 2.24) is 19.9 Å². The molecule has 1 fully saturated rings. The van der Waals surface area contributed by atoms with Gasteiger partial charge in [-0.2, -0.15) is 0 Å². The Labute approximate surface area is 119 Å². The average Bonchev–Trinajstić information content (AvgIpc) is 2.51. The third-order valence-corrected chi connectivity index (χ3v) is 3.87. The fourth-order valence-electron chi connectivity index (χ4n) is 2.75. The van der Waals surface area contributed by atoms with Gasteiger partial charge in [0.2, 0.25) is 0 Å². The zero-order valence-electron chi connectivity index (χ0n) is 12.0. The summed E-state index contributed by atoms with van der Waals surface area (Å²) in [6.07, 6.45) is 7.49. The molecule has 0 saturated carbocycles. The summed E-state index contributed by atoms with van der Waals surface area (Å²) in [6.45, 7) is 6.03. The number of aromatic nitrogens is 4. The van der Waals surface area contributed by atoms with Gasteiger partial charge in [-0.3, -0.25) is 4.98 Å². The predicted octanol–water partition coefficient (Wildman–Crippen LogP) is 2.27. The third kappa shape index (κ3) is 2.61. The highest BCUT2D eigenvalue weighted by Crippen LogP contribution is 2.29. The number of piperidine rings is 1. The van der Waals surface area contributed by atoms with E-state index in [9.17, 15) is 0 Å². The van der Waals surface area contributed by atoms with E-state index in [0.717, 1.165) is 48.8 Å². The molecular weight excluding hydrogens is 250 g/mol. The Bertz CT molecular complexity index is 576. The Morgan fingerprint density at radius 3 is 2.65 bits per heavy atom. The number of rotatable bonds is 2. The number of anilines is 1. The fourth-order valence-corrected chi connectivity index (χ4v) is 2.75. The van der Waals surface area contributed by atoms with Crippen LogP contribution in [0.2, 0.25) is 0 Å². The molecule has 0 spiro atoms. The lowest BCUT2D eigenvalue weighted by atomic mass is 9.93. The van der Waals surface area contributed by atoms with Gasteiger partial charge in [-0.05, 0) is 32.8 Å². The second-order valence-electron chi connectivity index (χ2n) is 5.32. The lowest BCUT2D eigenvalue weighted by Gasteiger charge is -2.33. The first-order chi connectivity index (χ1) is 9.74. The normalized spacial score (nSPS) is 16.4. The topological polar surface area (TPSA) is 54.8 Å². The first-order valence-electron chi connectivity index (χ1n) is 7.05. The SMILES string of the molecule is Cc1cnc(C)c(N2CCC(c3ccncn3)CC2)n1. The maximum absolute atomic E-state index is 4.63. The van der Waals surface area contributed by atoms with Gasteiger partial charge in [-0.15, -0.1) is 0 Å². The maximum Gasteiger partial charge on any atom is 0.150 e. The van der Waals surface area contributed by atoms with Crippen LogP contribution < -0.4 is 4.90 Å². The molecule has 0 aliphatic carbocycles. The van der Waals surface area contributed by atoms with E-state index in [1.54, 1.807) is 6.33 Å². The number of hydrogen-bond acceptors (Lipinski definition) is 5. The van der Waals surface area contributed by atoms with E-state index in [2.05, 4.69) is 24.8 Å². The van der Waals surface area contributed by atoms with Gasteiger partial charge in [0.25, 0.3) is 0 Å². The van der Waals surface area contributed by atoms with Crippen LogP contribution in [0.1, 0.15) is 35.8 Å². The second kappa shape index (κ2) is 5.53. The number of nitrogens with zero attached hydrogens (tertiary/aromatic N) is 5. The van der Waals surface area contributed by atoms with Gasteiger partial charge < -0.3 is 4.90 Å². The summed E-state index contributed by atoms with van der Waals surface area (Å²) in [5, 5.41) is 0. The number of aryl methyl sites for hydroxylation is 2. The van der Waals surface area contributed by atoms with Crippen molar-refractivity contribution in [2.24, 2.45) is 0 Å². The summed E-state index contributed by atoms with van der Waals surface area (Å²) in [7, 11) is 0. The molecule has 3 rings (SSSR count). The summed E-state index contributed by atoms with van der Waals surface area (Å²) in [4.78, 5) is 19.7. The molecule has 0 aromatic carbocycles. The Hall–Kier alpha value is -2.04. The minimum atomic E-state index is 0.535. The molecule has 0 N–H and O–H groups in total. The molecule has 104 valence electrons. The molecule has 2 aromatic heterocycles. The monoisotopic (exact) mass is 269 g/mol. The van der Waals surface area contributed by atoms with Crippen LogP contribution in [-0.2, 0) is 0 Å². The largest absolute Gasteiger partial charge is 0.355 e. The summed E-state index contributed by atoms with van der Waals surface area (Å²) in [5.74, 6) is 1.57. The van der Waals surface area contributed by atoms with E-state index in [-0.39, 0.29) is 0 Å². The lowest BCUT2D eigenvalue weighted by Crippen LogP contribution is -2.34. The van der Waals surface area contributed by atoms with E-state index < -0.39 is 0 Å². The highest BCUT2D eigenvalue weighted by atomic mass is 15.2. The minimum Gasteiger partial charge on any atom is -0.355 e. The van der Waals surface area contributed by atoms with Crippen molar-refractivity contribution in [2.75, 3.05) is 18.0 Å². The van der Waals surface area contributed by atoms with E-state index in [4.69, 9.17) is 0 Å². The van der Waals surface area contributed by atoms with Gasteiger partial charge in [0.1, 0.15) is 12.1 Å². The smallest absolute Gasteiger partial charge is 0.150 e. The van der Waals surface area contributed by atoms with E-state index in [0.29, 0.717) is 5.92 Å². The molecule has 1 saturated heterocycles. The van der Waals surface area contributed by atoms with Gasteiger partial charge in [0.05, 0.1) is 11.4 Å². The first-order valence-corrected chi connectivity index (χ1v) is 7.05. The molecule has 0 bridgehead atoms. The molecule has 0 radical (unpaired) electrons. The Balaban J connectivity index is 1.71. The zero-order chi connectivity index (χ0) is 13.9. The van der Waals surface area contributed by atoms with Crippen LogP contribution in [0.3, 0.4) is 0 Å². The van der Waals surface area contributed by atoms with Crippen molar-refractivity contribution in [1.29, 1.82) is 0 Å². The Morgan fingerprint density at radius 1 is 1.15 bits per heavy atom. The highest BCUT2D eigenvalue weighted by molar-refractivity contribution is 5.43. The van der Waals surface area contributed by atoms with E-state index >= 15 is 0 Å². The Kier molecular flexibility index (Phi) is 3.58. The molecule has 1 aliphatic rings. The summed E-state index contributed by atoms with van der Waals surface area (Å²) in [5.41, 5.74) is 3.14. The van der Waals surface area contributed by atoms with Crippen molar-refractivity contribution < 1.29 is 0 Å². The van der Waals surface area contributed by atoms with E-state index in [1.807, 2.05) is 32.3 Å². The first kappa shape index (κ1) is 13.0. The Morgan fingerprint density at radius 2 is 1.95 bits per heavy atom. The summed E-state index contributed by atoms with van der Waals surface area (Å²) in [6, 6.07) is 2.03. The number of hydrogen-bond donors (Lipinski definition) is 0. The van der Waals surface area contributed by atoms with Gasteiger partial charge in [-0.25, -0.2) is 15.0 Å². The molecule has 20 heavy (non-hydrogen) atoms. The van der Waals surface area contributed by atoms with Crippen molar-refractivity contribution in [3.8, 4) is 0 Å². The molecule has 5 nitrogen and oxygen atoms in total. The van der Waals surface area contributed by atoms with Crippen LogP contribution in [0, 0.1) is 13.8 Å². The second-order valence-corrected chi connectivity index (χ2v) is 5.32. The van der Waals surface area contributed by atoms with E-state index in [1.165, 1.54) is 0 Å². The van der Waals surface area contributed by atoms with Crippen LogP contribution in [0.25, 0.3) is 0 Å².